The maximum Gasteiger partial charge on any atom is 0.276 e. The molecule has 0 saturated heterocycles. The molecule has 156 valence electrons. The second-order valence-corrected chi connectivity index (χ2v) is 6.79. The number of ether oxygens (including phenoxy) is 1. The van der Waals surface area contributed by atoms with E-state index in [0.717, 1.165) is 5.76 Å². The van der Waals surface area contributed by atoms with E-state index in [4.69, 9.17) is 9.15 Å². The summed E-state index contributed by atoms with van der Waals surface area (Å²) in [4.78, 5) is 24.9. The number of carbonyl (C=O) groups is 2. The summed E-state index contributed by atoms with van der Waals surface area (Å²) >= 11 is 0. The number of benzene rings is 2. The first kappa shape index (κ1) is 20.0. The lowest BCUT2D eigenvalue weighted by Crippen LogP contribution is -2.14. The van der Waals surface area contributed by atoms with Crippen molar-refractivity contribution < 1.29 is 18.7 Å². The van der Waals surface area contributed by atoms with Gasteiger partial charge in [0.25, 0.3) is 11.8 Å². The molecule has 0 fully saturated rings. The van der Waals surface area contributed by atoms with Crippen LogP contribution in [-0.2, 0) is 0 Å². The minimum Gasteiger partial charge on any atom is -0.497 e. The number of amides is 2. The second-order valence-electron chi connectivity index (χ2n) is 6.79. The van der Waals surface area contributed by atoms with Gasteiger partial charge in [-0.1, -0.05) is 0 Å². The Kier molecular flexibility index (Phi) is 5.53. The number of carbonyl (C=O) groups excluding carboxylic acids is 2. The standard InChI is InChI=1S/C23H20N4O4/c1-14-3-12-21(31-14)19-13-20(27-26-19)23(29)25-16-6-4-15(5-7-16)22(28)24-17-8-10-18(30-2)11-9-17/h3-13H,1-2H3,(H,24,28)(H,25,29)(H,26,27). The number of methoxy groups -OCH3 is 1. The molecule has 0 aliphatic heterocycles. The molecule has 4 rings (SSSR count). The number of hydrogen-bond donors (Lipinski definition) is 3. The molecule has 0 aliphatic carbocycles. The fourth-order valence-electron chi connectivity index (χ4n) is 2.92. The molecule has 31 heavy (non-hydrogen) atoms. The maximum atomic E-state index is 12.5. The largest absolute Gasteiger partial charge is 0.497 e. The molecular weight excluding hydrogens is 396 g/mol. The third kappa shape index (κ3) is 4.64. The number of H-pyrrole nitrogens is 1. The SMILES string of the molecule is COc1ccc(NC(=O)c2ccc(NC(=O)c3cc(-c4ccc(C)o4)[nH]n3)cc2)cc1. The zero-order valence-electron chi connectivity index (χ0n) is 16.9. The fourth-order valence-corrected chi connectivity index (χ4v) is 2.92. The Hall–Kier alpha value is -4.33. The third-order valence-corrected chi connectivity index (χ3v) is 4.57. The van der Waals surface area contributed by atoms with Crippen molar-refractivity contribution >= 4 is 23.2 Å². The number of nitrogens with one attached hydrogen (secondary N) is 3. The van der Waals surface area contributed by atoms with Gasteiger partial charge in [0, 0.05) is 23.0 Å². The zero-order valence-corrected chi connectivity index (χ0v) is 16.9. The van der Waals surface area contributed by atoms with Gasteiger partial charge in [-0.05, 0) is 67.6 Å². The van der Waals surface area contributed by atoms with Gasteiger partial charge in [0.15, 0.2) is 11.5 Å². The van der Waals surface area contributed by atoms with Gasteiger partial charge < -0.3 is 19.8 Å². The molecule has 8 nitrogen and oxygen atoms in total. The second kappa shape index (κ2) is 8.58. The highest BCUT2D eigenvalue weighted by Gasteiger charge is 2.14. The first-order valence-corrected chi connectivity index (χ1v) is 9.51. The maximum absolute atomic E-state index is 12.5. The van der Waals surface area contributed by atoms with Crippen LogP contribution < -0.4 is 15.4 Å². The van der Waals surface area contributed by atoms with Gasteiger partial charge in [0.1, 0.15) is 17.2 Å². The zero-order chi connectivity index (χ0) is 21.8. The monoisotopic (exact) mass is 416 g/mol. The predicted molar refractivity (Wildman–Crippen MR) is 116 cm³/mol. The highest BCUT2D eigenvalue weighted by Crippen LogP contribution is 2.21. The van der Waals surface area contributed by atoms with Crippen LogP contribution >= 0.6 is 0 Å². The Bertz CT molecular complexity index is 1210. The molecule has 2 amide bonds. The van der Waals surface area contributed by atoms with Gasteiger partial charge >= 0.3 is 0 Å². The van der Waals surface area contributed by atoms with Crippen LogP contribution in [0.4, 0.5) is 11.4 Å². The first-order valence-electron chi connectivity index (χ1n) is 9.51. The van der Waals surface area contributed by atoms with Crippen LogP contribution in [0, 0.1) is 6.92 Å². The van der Waals surface area contributed by atoms with Crippen molar-refractivity contribution in [2.45, 2.75) is 6.92 Å². The van der Waals surface area contributed by atoms with E-state index in [1.807, 2.05) is 13.0 Å². The predicted octanol–water partition coefficient (Wildman–Crippen LogP) is 4.49. The van der Waals surface area contributed by atoms with E-state index in [1.165, 1.54) is 0 Å². The number of hydrogen-bond acceptors (Lipinski definition) is 5. The summed E-state index contributed by atoms with van der Waals surface area (Å²) in [5.74, 6) is 1.46. The highest BCUT2D eigenvalue weighted by atomic mass is 16.5. The number of aromatic amines is 1. The van der Waals surface area contributed by atoms with Gasteiger partial charge in [-0.25, -0.2) is 0 Å². The normalized spacial score (nSPS) is 10.5. The average Bonchev–Trinajstić information content (AvgIpc) is 3.44. The van der Waals surface area contributed by atoms with Crippen molar-refractivity contribution in [3.8, 4) is 17.2 Å². The van der Waals surface area contributed by atoms with E-state index in [0.29, 0.717) is 34.1 Å². The molecule has 8 heteroatoms. The number of rotatable bonds is 6. The van der Waals surface area contributed by atoms with Crippen molar-refractivity contribution in [3.05, 3.63) is 83.7 Å². The molecule has 4 aromatic rings. The van der Waals surface area contributed by atoms with Crippen LogP contribution in [-0.4, -0.2) is 29.1 Å². The van der Waals surface area contributed by atoms with Crippen LogP contribution in [0.25, 0.3) is 11.5 Å². The summed E-state index contributed by atoms with van der Waals surface area (Å²) in [6.07, 6.45) is 0. The summed E-state index contributed by atoms with van der Waals surface area (Å²) < 4.78 is 10.6. The van der Waals surface area contributed by atoms with E-state index < -0.39 is 0 Å². The molecule has 2 aromatic carbocycles. The molecule has 0 bridgehead atoms. The molecule has 0 atom stereocenters. The molecule has 0 saturated carbocycles. The third-order valence-electron chi connectivity index (χ3n) is 4.57. The van der Waals surface area contributed by atoms with Crippen LogP contribution in [0.1, 0.15) is 26.6 Å². The highest BCUT2D eigenvalue weighted by molar-refractivity contribution is 6.06. The summed E-state index contributed by atoms with van der Waals surface area (Å²) in [7, 11) is 1.58. The molecule has 2 heterocycles. The van der Waals surface area contributed by atoms with Crippen molar-refractivity contribution in [1.82, 2.24) is 10.2 Å². The lowest BCUT2D eigenvalue weighted by Gasteiger charge is -2.08. The van der Waals surface area contributed by atoms with Crippen molar-refractivity contribution in [2.24, 2.45) is 0 Å². The van der Waals surface area contributed by atoms with Crippen molar-refractivity contribution in [2.75, 3.05) is 17.7 Å². The molecular formula is C23H20N4O4. The Balaban J connectivity index is 1.38. The molecule has 3 N–H and O–H groups in total. The van der Waals surface area contributed by atoms with Gasteiger partial charge in [-0.15, -0.1) is 0 Å². The van der Waals surface area contributed by atoms with Crippen molar-refractivity contribution in [1.29, 1.82) is 0 Å². The van der Waals surface area contributed by atoms with Gasteiger partial charge in [0.05, 0.1) is 7.11 Å². The Morgan fingerprint density at radius 2 is 1.55 bits per heavy atom. The number of anilines is 2. The average molecular weight is 416 g/mol. The van der Waals surface area contributed by atoms with E-state index in [9.17, 15) is 9.59 Å². The van der Waals surface area contributed by atoms with E-state index >= 15 is 0 Å². The number of nitrogens with zero attached hydrogens (tertiary/aromatic N) is 1. The van der Waals surface area contributed by atoms with Gasteiger partial charge in [-0.2, -0.15) is 5.10 Å². The Morgan fingerprint density at radius 3 is 2.16 bits per heavy atom. The van der Waals surface area contributed by atoms with Crippen LogP contribution in [0.5, 0.6) is 5.75 Å². The molecule has 2 aromatic heterocycles. The van der Waals surface area contributed by atoms with E-state index in [1.54, 1.807) is 67.8 Å². The van der Waals surface area contributed by atoms with Gasteiger partial charge in [0.2, 0.25) is 0 Å². The summed E-state index contributed by atoms with van der Waals surface area (Å²) in [5.41, 5.74) is 2.51. The van der Waals surface area contributed by atoms with Crippen LogP contribution in [0.3, 0.4) is 0 Å². The summed E-state index contributed by atoms with van der Waals surface area (Å²) in [6, 6.07) is 18.9. The number of aromatic nitrogens is 2. The smallest absolute Gasteiger partial charge is 0.276 e. The first-order chi connectivity index (χ1) is 15.0. The molecule has 0 spiro atoms. The van der Waals surface area contributed by atoms with E-state index in [-0.39, 0.29) is 17.5 Å². The lowest BCUT2D eigenvalue weighted by atomic mass is 10.2. The van der Waals surface area contributed by atoms with Crippen LogP contribution in [0.15, 0.2) is 71.1 Å². The molecule has 0 radical (unpaired) electrons. The number of aryl methyl sites for hydroxylation is 1. The van der Waals surface area contributed by atoms with Crippen LogP contribution in [0.2, 0.25) is 0 Å². The minimum absolute atomic E-state index is 0.227. The topological polar surface area (TPSA) is 109 Å². The Morgan fingerprint density at radius 1 is 0.903 bits per heavy atom. The fraction of sp³-hybridized carbons (Fsp3) is 0.0870. The number of furan rings is 1. The minimum atomic E-state index is -0.374. The van der Waals surface area contributed by atoms with Gasteiger partial charge in [-0.3, -0.25) is 14.7 Å². The lowest BCUT2D eigenvalue weighted by molar-refractivity contribution is 0.101. The van der Waals surface area contributed by atoms with E-state index in [2.05, 4.69) is 20.8 Å². The molecule has 0 aliphatic rings. The summed E-state index contributed by atoms with van der Waals surface area (Å²) in [6.45, 7) is 1.84. The van der Waals surface area contributed by atoms with Crippen molar-refractivity contribution in [3.63, 3.8) is 0 Å². The summed E-state index contributed by atoms with van der Waals surface area (Å²) in [5, 5.41) is 12.4. The Labute approximate surface area is 178 Å². The molecule has 0 unspecified atom stereocenters. The quantitative estimate of drug-likeness (QED) is 0.429.